The Balaban J connectivity index is 1.14. The molecule has 0 aliphatic carbocycles. The van der Waals surface area contributed by atoms with Gasteiger partial charge in [0.05, 0.1) is 19.7 Å². The number of hydrogen-bond acceptors (Lipinski definition) is 4. The molecule has 2 N–H and O–H groups in total. The molecule has 7 nitrogen and oxygen atoms in total. The highest BCUT2D eigenvalue weighted by Gasteiger charge is 2.51. The first kappa shape index (κ1) is 20.3. The fourth-order valence-corrected chi connectivity index (χ4v) is 4.19. The van der Waals surface area contributed by atoms with E-state index in [9.17, 15) is 9.59 Å². The van der Waals surface area contributed by atoms with Crippen LogP contribution >= 0.6 is 0 Å². The molecular formula is C23H28N4O3. The second-order valence-electron chi connectivity index (χ2n) is 8.22. The van der Waals surface area contributed by atoms with E-state index in [1.54, 1.807) is 17.3 Å². The Kier molecular flexibility index (Phi) is 6.28. The number of nitrogens with zero attached hydrogens (tertiary/aromatic N) is 2. The second kappa shape index (κ2) is 9.26. The molecule has 3 heterocycles. The van der Waals surface area contributed by atoms with Crippen molar-refractivity contribution in [2.45, 2.75) is 31.4 Å². The summed E-state index contributed by atoms with van der Waals surface area (Å²) in [7, 11) is 0. The number of nitrogens with one attached hydrogen (secondary N) is 2. The van der Waals surface area contributed by atoms with Crippen LogP contribution in [0, 0.1) is 5.92 Å². The van der Waals surface area contributed by atoms with E-state index in [1.807, 2.05) is 30.3 Å². The molecule has 1 aromatic heterocycles. The van der Waals surface area contributed by atoms with E-state index >= 15 is 0 Å². The van der Waals surface area contributed by atoms with Gasteiger partial charge < -0.3 is 20.3 Å². The van der Waals surface area contributed by atoms with Gasteiger partial charge in [0.1, 0.15) is 5.60 Å². The number of rotatable bonds is 7. The Labute approximate surface area is 176 Å². The van der Waals surface area contributed by atoms with Gasteiger partial charge >= 0.3 is 6.03 Å². The average molecular weight is 409 g/mol. The Bertz CT molecular complexity index is 853. The monoisotopic (exact) mass is 408 g/mol. The van der Waals surface area contributed by atoms with Crippen molar-refractivity contribution in [3.05, 3.63) is 66.0 Å². The largest absolute Gasteiger partial charge is 0.371 e. The molecular weight excluding hydrogens is 380 g/mol. The van der Waals surface area contributed by atoms with Crippen LogP contribution in [0.5, 0.6) is 0 Å². The van der Waals surface area contributed by atoms with Crippen LogP contribution in [0.1, 0.15) is 24.0 Å². The minimum Gasteiger partial charge on any atom is -0.371 e. The smallest absolute Gasteiger partial charge is 0.317 e. The fourth-order valence-electron chi connectivity index (χ4n) is 4.19. The quantitative estimate of drug-likeness (QED) is 0.735. The summed E-state index contributed by atoms with van der Waals surface area (Å²) in [6.45, 7) is 2.90. The number of amides is 3. The summed E-state index contributed by atoms with van der Waals surface area (Å²) in [5, 5.41) is 5.93. The molecule has 30 heavy (non-hydrogen) atoms. The Morgan fingerprint density at radius 2 is 1.83 bits per heavy atom. The number of aromatic nitrogens is 1. The number of hydrogen-bond donors (Lipinski definition) is 2. The first-order chi connectivity index (χ1) is 14.6. The number of benzene rings is 1. The van der Waals surface area contributed by atoms with Gasteiger partial charge in [-0.3, -0.25) is 9.78 Å². The molecule has 3 amide bonds. The van der Waals surface area contributed by atoms with Gasteiger partial charge in [-0.2, -0.15) is 0 Å². The molecule has 1 unspecified atom stereocenters. The SMILES string of the molecule is O=C(CC1COC2(C1)CN(C(=O)NCCc1ccccc1)C2)NCc1ccncc1. The number of carbonyl (C=O) groups is 2. The Hall–Kier alpha value is -2.93. The van der Waals surface area contributed by atoms with Crippen molar-refractivity contribution in [3.8, 4) is 0 Å². The minimum atomic E-state index is -0.271. The van der Waals surface area contributed by atoms with Crippen LogP contribution < -0.4 is 10.6 Å². The van der Waals surface area contributed by atoms with Crippen LogP contribution in [0.15, 0.2) is 54.9 Å². The van der Waals surface area contributed by atoms with Gasteiger partial charge in [0.15, 0.2) is 0 Å². The third-order valence-electron chi connectivity index (χ3n) is 5.78. The standard InChI is InChI=1S/C23H28N4O3/c28-21(26-14-19-6-9-24-10-7-19)12-20-13-23(30-15-20)16-27(17-23)22(29)25-11-8-18-4-2-1-3-5-18/h1-7,9-10,20H,8,11-17H2,(H,25,29)(H,26,28). The molecule has 158 valence electrons. The van der Waals surface area contributed by atoms with E-state index in [0.29, 0.717) is 39.2 Å². The molecule has 0 bridgehead atoms. The van der Waals surface area contributed by atoms with Gasteiger partial charge in [-0.15, -0.1) is 0 Å². The van der Waals surface area contributed by atoms with Crippen molar-refractivity contribution in [1.82, 2.24) is 20.5 Å². The summed E-state index contributed by atoms with van der Waals surface area (Å²) in [5.41, 5.74) is 1.97. The van der Waals surface area contributed by atoms with Crippen LogP contribution in [0.3, 0.4) is 0 Å². The van der Waals surface area contributed by atoms with Crippen LogP contribution in [-0.2, 0) is 22.5 Å². The summed E-state index contributed by atoms with van der Waals surface area (Å²) >= 11 is 0. The minimum absolute atomic E-state index is 0.0345. The lowest BCUT2D eigenvalue weighted by Crippen LogP contribution is -2.65. The summed E-state index contributed by atoms with van der Waals surface area (Å²) < 4.78 is 6.00. The molecule has 2 fully saturated rings. The van der Waals surface area contributed by atoms with E-state index in [2.05, 4.69) is 27.8 Å². The third kappa shape index (κ3) is 5.16. The highest BCUT2D eigenvalue weighted by Crippen LogP contribution is 2.39. The molecule has 0 radical (unpaired) electrons. The van der Waals surface area contributed by atoms with E-state index in [4.69, 9.17) is 4.74 Å². The van der Waals surface area contributed by atoms with Crippen molar-refractivity contribution >= 4 is 11.9 Å². The van der Waals surface area contributed by atoms with Crippen molar-refractivity contribution in [3.63, 3.8) is 0 Å². The molecule has 4 rings (SSSR count). The number of carbonyl (C=O) groups excluding carboxylic acids is 2. The van der Waals surface area contributed by atoms with Gasteiger partial charge in [0, 0.05) is 31.9 Å². The number of likely N-dealkylation sites (tertiary alicyclic amines) is 1. The van der Waals surface area contributed by atoms with E-state index in [1.165, 1.54) is 5.56 Å². The number of ether oxygens (including phenoxy) is 1. The molecule has 2 aliphatic rings. The molecule has 2 saturated heterocycles. The molecule has 1 atom stereocenters. The maximum Gasteiger partial charge on any atom is 0.317 e. The lowest BCUT2D eigenvalue weighted by atomic mass is 9.86. The topological polar surface area (TPSA) is 83.6 Å². The zero-order valence-electron chi connectivity index (χ0n) is 17.0. The predicted molar refractivity (Wildman–Crippen MR) is 113 cm³/mol. The zero-order chi connectivity index (χ0) is 20.8. The van der Waals surface area contributed by atoms with Gasteiger partial charge in [-0.25, -0.2) is 4.79 Å². The lowest BCUT2D eigenvalue weighted by Gasteiger charge is -2.47. The first-order valence-electron chi connectivity index (χ1n) is 10.5. The lowest BCUT2D eigenvalue weighted by molar-refractivity contribution is -0.122. The summed E-state index contributed by atoms with van der Waals surface area (Å²) in [6.07, 6.45) is 5.53. The van der Waals surface area contributed by atoms with Crippen LogP contribution in [0.25, 0.3) is 0 Å². The predicted octanol–water partition coefficient (Wildman–Crippen LogP) is 2.13. The van der Waals surface area contributed by atoms with Crippen molar-refractivity contribution < 1.29 is 14.3 Å². The molecule has 2 aliphatic heterocycles. The summed E-state index contributed by atoms with van der Waals surface area (Å²) in [5.74, 6) is 0.234. The Morgan fingerprint density at radius 1 is 1.07 bits per heavy atom. The zero-order valence-corrected chi connectivity index (χ0v) is 17.0. The van der Waals surface area contributed by atoms with Crippen molar-refractivity contribution in [2.75, 3.05) is 26.2 Å². The maximum absolute atomic E-state index is 12.3. The van der Waals surface area contributed by atoms with Gasteiger partial charge in [-0.1, -0.05) is 30.3 Å². The number of pyridine rings is 1. The molecule has 7 heteroatoms. The van der Waals surface area contributed by atoms with Crippen LogP contribution in [0.2, 0.25) is 0 Å². The van der Waals surface area contributed by atoms with Crippen molar-refractivity contribution in [1.29, 1.82) is 0 Å². The van der Waals surface area contributed by atoms with E-state index < -0.39 is 0 Å². The molecule has 1 aromatic carbocycles. The van der Waals surface area contributed by atoms with Gasteiger partial charge in [-0.05, 0) is 42.0 Å². The molecule has 2 aromatic rings. The molecule has 0 saturated carbocycles. The molecule has 1 spiro atoms. The average Bonchev–Trinajstić information content (AvgIpc) is 3.17. The van der Waals surface area contributed by atoms with Crippen molar-refractivity contribution in [2.24, 2.45) is 5.92 Å². The van der Waals surface area contributed by atoms with Gasteiger partial charge in [0.25, 0.3) is 0 Å². The number of urea groups is 1. The highest BCUT2D eigenvalue weighted by atomic mass is 16.5. The third-order valence-corrected chi connectivity index (χ3v) is 5.78. The van der Waals surface area contributed by atoms with E-state index in [0.717, 1.165) is 18.4 Å². The van der Waals surface area contributed by atoms with E-state index in [-0.39, 0.29) is 23.5 Å². The Morgan fingerprint density at radius 3 is 2.60 bits per heavy atom. The highest BCUT2D eigenvalue weighted by molar-refractivity contribution is 5.76. The normalized spacial score (nSPS) is 19.3. The summed E-state index contributed by atoms with van der Waals surface area (Å²) in [6, 6.07) is 13.9. The maximum atomic E-state index is 12.3. The van der Waals surface area contributed by atoms with Crippen LogP contribution in [-0.4, -0.2) is 53.7 Å². The fraction of sp³-hybridized carbons (Fsp3) is 0.435. The van der Waals surface area contributed by atoms with Crippen LogP contribution in [0.4, 0.5) is 4.79 Å². The van der Waals surface area contributed by atoms with Gasteiger partial charge in [0.2, 0.25) is 5.91 Å². The first-order valence-corrected chi connectivity index (χ1v) is 10.5. The summed E-state index contributed by atoms with van der Waals surface area (Å²) in [4.78, 5) is 30.3. The second-order valence-corrected chi connectivity index (χ2v) is 8.22.